The molecular weight excluding hydrogens is 367 g/mol. The van der Waals surface area contributed by atoms with Crippen molar-refractivity contribution in [3.63, 3.8) is 0 Å². The van der Waals surface area contributed by atoms with Crippen LogP contribution in [0.25, 0.3) is 32.9 Å². The van der Waals surface area contributed by atoms with E-state index in [1.54, 1.807) is 24.8 Å². The molecule has 0 saturated carbocycles. The van der Waals surface area contributed by atoms with Crippen LogP contribution in [0, 0.1) is 0 Å². The summed E-state index contributed by atoms with van der Waals surface area (Å²) >= 11 is 0. The molecule has 0 amide bonds. The third-order valence-corrected chi connectivity index (χ3v) is 4.78. The molecule has 2 N–H and O–H groups in total. The molecule has 144 valence electrons. The number of aromatic amines is 1. The van der Waals surface area contributed by atoms with Gasteiger partial charge >= 0.3 is 6.18 Å². The molecular formula is C20H18F3N5. The van der Waals surface area contributed by atoms with Gasteiger partial charge in [0.15, 0.2) is 0 Å². The topological polar surface area (TPSA) is 66.5 Å². The van der Waals surface area contributed by atoms with Crippen LogP contribution < -0.4 is 5.32 Å². The van der Waals surface area contributed by atoms with Crippen molar-refractivity contribution in [3.05, 3.63) is 48.5 Å². The first-order valence-corrected chi connectivity index (χ1v) is 8.93. The first-order chi connectivity index (χ1) is 13.4. The largest absolute Gasteiger partial charge is 0.416 e. The summed E-state index contributed by atoms with van der Waals surface area (Å²) in [7, 11) is 0. The van der Waals surface area contributed by atoms with Gasteiger partial charge in [0.1, 0.15) is 0 Å². The Morgan fingerprint density at radius 2 is 1.96 bits per heavy atom. The molecule has 0 aliphatic carbocycles. The first-order valence-electron chi connectivity index (χ1n) is 8.93. The Bertz CT molecular complexity index is 1150. The number of hydrogen-bond donors (Lipinski definition) is 2. The van der Waals surface area contributed by atoms with E-state index in [0.29, 0.717) is 22.4 Å². The predicted molar refractivity (Wildman–Crippen MR) is 103 cm³/mol. The fraction of sp³-hybridized carbons (Fsp3) is 0.250. The van der Waals surface area contributed by atoms with Crippen LogP contribution in [0.2, 0.25) is 0 Å². The first kappa shape index (κ1) is 18.2. The van der Waals surface area contributed by atoms with E-state index >= 15 is 0 Å². The van der Waals surface area contributed by atoms with Crippen molar-refractivity contribution in [2.24, 2.45) is 0 Å². The lowest BCUT2D eigenvalue weighted by molar-refractivity contribution is -0.137. The zero-order valence-corrected chi connectivity index (χ0v) is 15.3. The number of benzene rings is 1. The standard InChI is InChI=1S/C20H18F3N5/c1-3-11(2)27-19-26-8-12-7-24-9-16(18(12)28-19)15-10-25-17-6-13(20(21,22)23)4-5-14(15)17/h4-11,25H,3H2,1-2H3,(H,26,27,28)/t11-/m0/s1. The van der Waals surface area contributed by atoms with E-state index in [1.165, 1.54) is 6.07 Å². The number of alkyl halides is 3. The zero-order valence-electron chi connectivity index (χ0n) is 15.3. The van der Waals surface area contributed by atoms with Gasteiger partial charge in [-0.2, -0.15) is 13.2 Å². The summed E-state index contributed by atoms with van der Waals surface area (Å²) in [6, 6.07) is 3.89. The Labute approximate surface area is 159 Å². The molecule has 0 unspecified atom stereocenters. The van der Waals surface area contributed by atoms with Gasteiger partial charge in [-0.3, -0.25) is 4.98 Å². The second-order valence-corrected chi connectivity index (χ2v) is 6.73. The molecule has 4 rings (SSSR count). The van der Waals surface area contributed by atoms with Crippen LogP contribution in [0.15, 0.2) is 43.0 Å². The molecule has 5 nitrogen and oxygen atoms in total. The molecule has 0 saturated heterocycles. The van der Waals surface area contributed by atoms with Crippen LogP contribution in [0.1, 0.15) is 25.8 Å². The Morgan fingerprint density at radius 1 is 1.14 bits per heavy atom. The highest BCUT2D eigenvalue weighted by Gasteiger charge is 2.30. The number of nitrogens with zero attached hydrogens (tertiary/aromatic N) is 3. The maximum Gasteiger partial charge on any atom is 0.416 e. The van der Waals surface area contributed by atoms with E-state index in [0.717, 1.165) is 35.1 Å². The molecule has 0 aliphatic rings. The molecule has 4 aromatic rings. The summed E-state index contributed by atoms with van der Waals surface area (Å²) < 4.78 is 39.0. The number of hydrogen-bond acceptors (Lipinski definition) is 4. The molecule has 8 heteroatoms. The number of nitrogens with one attached hydrogen (secondary N) is 2. The Kier molecular flexibility index (Phi) is 4.41. The van der Waals surface area contributed by atoms with Crippen molar-refractivity contribution in [3.8, 4) is 11.1 Å². The number of anilines is 1. The molecule has 1 atom stereocenters. The summed E-state index contributed by atoms with van der Waals surface area (Å²) in [5.74, 6) is 0.508. The molecule has 0 spiro atoms. The number of pyridine rings is 1. The quantitative estimate of drug-likeness (QED) is 0.493. The number of H-pyrrole nitrogens is 1. The highest BCUT2D eigenvalue weighted by Crippen LogP contribution is 2.36. The van der Waals surface area contributed by atoms with Crippen molar-refractivity contribution >= 4 is 27.8 Å². The van der Waals surface area contributed by atoms with Gasteiger partial charge in [0.05, 0.1) is 11.1 Å². The molecule has 0 fully saturated rings. The molecule has 1 aromatic carbocycles. The van der Waals surface area contributed by atoms with E-state index in [1.807, 2.05) is 6.92 Å². The Balaban J connectivity index is 1.85. The van der Waals surface area contributed by atoms with Crippen molar-refractivity contribution in [2.75, 3.05) is 5.32 Å². The number of halogens is 3. The summed E-state index contributed by atoms with van der Waals surface area (Å²) in [6.07, 6.45) is 3.26. The molecule has 28 heavy (non-hydrogen) atoms. The van der Waals surface area contributed by atoms with Crippen LogP contribution in [0.5, 0.6) is 0 Å². The molecule has 0 radical (unpaired) electrons. The second-order valence-electron chi connectivity index (χ2n) is 6.73. The van der Waals surface area contributed by atoms with E-state index in [9.17, 15) is 13.2 Å². The maximum absolute atomic E-state index is 13.0. The minimum absolute atomic E-state index is 0.219. The van der Waals surface area contributed by atoms with Gasteiger partial charge in [0.2, 0.25) is 5.95 Å². The second kappa shape index (κ2) is 6.78. The smallest absolute Gasteiger partial charge is 0.361 e. The number of aromatic nitrogens is 4. The van der Waals surface area contributed by atoms with Crippen molar-refractivity contribution in [1.82, 2.24) is 19.9 Å². The molecule has 3 aromatic heterocycles. The highest BCUT2D eigenvalue weighted by molar-refractivity contribution is 6.03. The third kappa shape index (κ3) is 3.26. The summed E-state index contributed by atoms with van der Waals surface area (Å²) in [4.78, 5) is 16.1. The molecule has 0 bridgehead atoms. The van der Waals surface area contributed by atoms with Gasteiger partial charge in [-0.1, -0.05) is 13.0 Å². The summed E-state index contributed by atoms with van der Waals surface area (Å²) in [5, 5.41) is 4.68. The van der Waals surface area contributed by atoms with Gasteiger partial charge < -0.3 is 10.3 Å². The maximum atomic E-state index is 13.0. The van der Waals surface area contributed by atoms with E-state index in [2.05, 4.69) is 32.2 Å². The van der Waals surface area contributed by atoms with Crippen LogP contribution in [0.4, 0.5) is 19.1 Å². The van der Waals surface area contributed by atoms with Crippen molar-refractivity contribution in [1.29, 1.82) is 0 Å². The SMILES string of the molecule is CC[C@H](C)Nc1ncc2cncc(-c3c[nH]c4cc(C(F)(F)F)ccc34)c2n1. The minimum Gasteiger partial charge on any atom is -0.361 e. The monoisotopic (exact) mass is 385 g/mol. The summed E-state index contributed by atoms with van der Waals surface area (Å²) in [6.45, 7) is 4.11. The fourth-order valence-electron chi connectivity index (χ4n) is 3.07. The Morgan fingerprint density at radius 3 is 2.71 bits per heavy atom. The zero-order chi connectivity index (χ0) is 19.9. The predicted octanol–water partition coefficient (Wildman–Crippen LogP) is 5.40. The normalized spacial score (nSPS) is 13.2. The van der Waals surface area contributed by atoms with Gasteiger partial charge in [0, 0.05) is 58.2 Å². The summed E-state index contributed by atoms with van der Waals surface area (Å²) in [5.41, 5.74) is 1.89. The lowest BCUT2D eigenvalue weighted by Crippen LogP contribution is -2.15. The average molecular weight is 385 g/mol. The lowest BCUT2D eigenvalue weighted by Gasteiger charge is -2.12. The van der Waals surface area contributed by atoms with Crippen LogP contribution in [-0.4, -0.2) is 26.0 Å². The van der Waals surface area contributed by atoms with Gasteiger partial charge in [-0.15, -0.1) is 0 Å². The minimum atomic E-state index is -4.38. The van der Waals surface area contributed by atoms with Crippen LogP contribution in [-0.2, 0) is 6.18 Å². The van der Waals surface area contributed by atoms with Crippen molar-refractivity contribution < 1.29 is 13.2 Å². The lowest BCUT2D eigenvalue weighted by atomic mass is 10.0. The van der Waals surface area contributed by atoms with E-state index in [4.69, 9.17) is 0 Å². The third-order valence-electron chi connectivity index (χ3n) is 4.78. The van der Waals surface area contributed by atoms with Crippen LogP contribution >= 0.6 is 0 Å². The van der Waals surface area contributed by atoms with E-state index in [-0.39, 0.29) is 6.04 Å². The number of rotatable bonds is 4. The molecule has 0 aliphatic heterocycles. The number of fused-ring (bicyclic) bond motifs is 2. The van der Waals surface area contributed by atoms with Crippen LogP contribution in [0.3, 0.4) is 0 Å². The fourth-order valence-corrected chi connectivity index (χ4v) is 3.07. The highest BCUT2D eigenvalue weighted by atomic mass is 19.4. The van der Waals surface area contributed by atoms with Gasteiger partial charge in [-0.05, 0) is 25.5 Å². The van der Waals surface area contributed by atoms with E-state index < -0.39 is 11.7 Å². The Hall–Kier alpha value is -3.16. The molecule has 3 heterocycles. The van der Waals surface area contributed by atoms with Gasteiger partial charge in [0.25, 0.3) is 0 Å². The average Bonchev–Trinajstić information content (AvgIpc) is 3.09. The van der Waals surface area contributed by atoms with Crippen molar-refractivity contribution in [2.45, 2.75) is 32.5 Å². The van der Waals surface area contributed by atoms with Gasteiger partial charge in [-0.25, -0.2) is 9.97 Å².